The van der Waals surface area contributed by atoms with Gasteiger partial charge >= 0.3 is 0 Å². The molecule has 5 heteroatoms. The molecule has 0 radical (unpaired) electrons. The van der Waals surface area contributed by atoms with E-state index in [0.717, 1.165) is 18.7 Å². The Morgan fingerprint density at radius 3 is 2.72 bits per heavy atom. The van der Waals surface area contributed by atoms with E-state index in [0.29, 0.717) is 16.7 Å². The van der Waals surface area contributed by atoms with Crippen LogP contribution in [0.5, 0.6) is 0 Å². The smallest absolute Gasteiger partial charge is 0.231 e. The van der Waals surface area contributed by atoms with E-state index in [-0.39, 0.29) is 5.92 Å². The fourth-order valence-electron chi connectivity index (χ4n) is 1.60. The third-order valence-corrected chi connectivity index (χ3v) is 2.92. The van der Waals surface area contributed by atoms with E-state index in [4.69, 9.17) is 16.1 Å². The SMILES string of the molecule is CCNCC(C)c1nc(-c2ccc(Cl)cc2)no1. The van der Waals surface area contributed by atoms with Crippen LogP contribution in [-0.4, -0.2) is 23.2 Å². The molecule has 0 fully saturated rings. The summed E-state index contributed by atoms with van der Waals surface area (Å²) in [5.74, 6) is 1.46. The molecule has 0 saturated heterocycles. The molecule has 1 atom stereocenters. The van der Waals surface area contributed by atoms with Crippen molar-refractivity contribution in [3.63, 3.8) is 0 Å². The Kier molecular flexibility index (Phi) is 4.33. The topological polar surface area (TPSA) is 51.0 Å². The number of likely N-dealkylation sites (N-methyl/N-ethyl adjacent to an activating group) is 1. The summed E-state index contributed by atoms with van der Waals surface area (Å²) in [6, 6.07) is 7.39. The highest BCUT2D eigenvalue weighted by atomic mass is 35.5. The first-order valence-corrected chi connectivity index (χ1v) is 6.38. The molecule has 0 aliphatic rings. The van der Waals surface area contributed by atoms with E-state index in [9.17, 15) is 0 Å². The van der Waals surface area contributed by atoms with Gasteiger partial charge in [0.1, 0.15) is 0 Å². The van der Waals surface area contributed by atoms with Gasteiger partial charge in [0.05, 0.1) is 0 Å². The van der Waals surface area contributed by atoms with E-state index < -0.39 is 0 Å². The molecular weight excluding hydrogens is 250 g/mol. The lowest BCUT2D eigenvalue weighted by atomic mass is 10.2. The number of nitrogens with zero attached hydrogens (tertiary/aromatic N) is 2. The van der Waals surface area contributed by atoms with Gasteiger partial charge in [-0.1, -0.05) is 30.6 Å². The normalized spacial score (nSPS) is 12.6. The first-order chi connectivity index (χ1) is 8.70. The number of rotatable bonds is 5. The zero-order valence-corrected chi connectivity index (χ0v) is 11.2. The van der Waals surface area contributed by atoms with Crippen molar-refractivity contribution in [1.82, 2.24) is 15.5 Å². The average Bonchev–Trinajstić information content (AvgIpc) is 2.86. The predicted molar refractivity (Wildman–Crippen MR) is 71.7 cm³/mol. The summed E-state index contributed by atoms with van der Waals surface area (Å²) in [6.07, 6.45) is 0. The minimum absolute atomic E-state index is 0.207. The van der Waals surface area contributed by atoms with Gasteiger partial charge in [-0.2, -0.15) is 4.98 Å². The van der Waals surface area contributed by atoms with Gasteiger partial charge in [-0.25, -0.2) is 0 Å². The van der Waals surface area contributed by atoms with Crippen LogP contribution in [0.15, 0.2) is 28.8 Å². The molecule has 1 unspecified atom stereocenters. The molecule has 1 aromatic carbocycles. The largest absolute Gasteiger partial charge is 0.339 e. The van der Waals surface area contributed by atoms with E-state index in [1.807, 2.05) is 24.3 Å². The Balaban J connectivity index is 2.12. The maximum atomic E-state index is 5.84. The Morgan fingerprint density at radius 2 is 2.06 bits per heavy atom. The van der Waals surface area contributed by atoms with Crippen molar-refractivity contribution in [3.8, 4) is 11.4 Å². The lowest BCUT2D eigenvalue weighted by molar-refractivity contribution is 0.355. The van der Waals surface area contributed by atoms with Gasteiger partial charge in [-0.05, 0) is 30.8 Å². The first kappa shape index (κ1) is 13.1. The fourth-order valence-corrected chi connectivity index (χ4v) is 1.73. The van der Waals surface area contributed by atoms with Crippen LogP contribution in [0.3, 0.4) is 0 Å². The van der Waals surface area contributed by atoms with Gasteiger partial charge in [-0.3, -0.25) is 0 Å². The maximum absolute atomic E-state index is 5.84. The Bertz CT molecular complexity index is 495. The van der Waals surface area contributed by atoms with Gasteiger partial charge in [-0.15, -0.1) is 0 Å². The molecule has 18 heavy (non-hydrogen) atoms. The minimum Gasteiger partial charge on any atom is -0.339 e. The molecule has 0 amide bonds. The molecule has 1 aromatic heterocycles. The monoisotopic (exact) mass is 265 g/mol. The first-order valence-electron chi connectivity index (χ1n) is 6.01. The van der Waals surface area contributed by atoms with Gasteiger partial charge in [0, 0.05) is 23.0 Å². The Labute approximate surface area is 111 Å². The predicted octanol–water partition coefficient (Wildman–Crippen LogP) is 3.10. The fraction of sp³-hybridized carbons (Fsp3) is 0.385. The molecule has 0 bridgehead atoms. The summed E-state index contributed by atoms with van der Waals surface area (Å²) in [4.78, 5) is 4.40. The average molecular weight is 266 g/mol. The highest BCUT2D eigenvalue weighted by Crippen LogP contribution is 2.21. The van der Waals surface area contributed by atoms with Gasteiger partial charge in [0.15, 0.2) is 0 Å². The molecular formula is C13H16ClN3O. The van der Waals surface area contributed by atoms with Gasteiger partial charge in [0.25, 0.3) is 0 Å². The molecule has 0 aliphatic heterocycles. The Hall–Kier alpha value is -1.39. The molecule has 2 aromatic rings. The highest BCUT2D eigenvalue weighted by Gasteiger charge is 2.14. The minimum atomic E-state index is 0.207. The lowest BCUT2D eigenvalue weighted by Gasteiger charge is -2.05. The summed E-state index contributed by atoms with van der Waals surface area (Å²) in [5, 5.41) is 7.94. The van der Waals surface area contributed by atoms with Crippen molar-refractivity contribution in [1.29, 1.82) is 0 Å². The zero-order chi connectivity index (χ0) is 13.0. The number of aromatic nitrogens is 2. The van der Waals surface area contributed by atoms with Crippen LogP contribution in [0.25, 0.3) is 11.4 Å². The van der Waals surface area contributed by atoms with Crippen LogP contribution >= 0.6 is 11.6 Å². The molecule has 1 heterocycles. The molecule has 4 nitrogen and oxygen atoms in total. The van der Waals surface area contributed by atoms with Crippen molar-refractivity contribution in [2.45, 2.75) is 19.8 Å². The van der Waals surface area contributed by atoms with E-state index in [1.54, 1.807) is 0 Å². The summed E-state index contributed by atoms with van der Waals surface area (Å²) >= 11 is 5.84. The second-order valence-corrected chi connectivity index (χ2v) is 4.61. The third kappa shape index (κ3) is 3.09. The number of halogens is 1. The number of nitrogens with one attached hydrogen (secondary N) is 1. The second kappa shape index (κ2) is 5.98. The number of hydrogen-bond acceptors (Lipinski definition) is 4. The van der Waals surface area contributed by atoms with E-state index in [1.165, 1.54) is 0 Å². The van der Waals surface area contributed by atoms with Crippen LogP contribution in [0, 0.1) is 0 Å². The molecule has 0 aliphatic carbocycles. The van der Waals surface area contributed by atoms with Crippen molar-refractivity contribution >= 4 is 11.6 Å². The van der Waals surface area contributed by atoms with Crippen LogP contribution in [-0.2, 0) is 0 Å². The summed E-state index contributed by atoms with van der Waals surface area (Å²) in [7, 11) is 0. The van der Waals surface area contributed by atoms with Crippen LogP contribution in [0.1, 0.15) is 25.7 Å². The third-order valence-electron chi connectivity index (χ3n) is 2.67. The van der Waals surface area contributed by atoms with Gasteiger partial charge < -0.3 is 9.84 Å². The molecule has 0 spiro atoms. The lowest BCUT2D eigenvalue weighted by Crippen LogP contribution is -2.19. The maximum Gasteiger partial charge on any atom is 0.231 e. The van der Waals surface area contributed by atoms with Gasteiger partial charge in [0.2, 0.25) is 11.7 Å². The van der Waals surface area contributed by atoms with Crippen molar-refractivity contribution in [2.75, 3.05) is 13.1 Å². The quantitative estimate of drug-likeness (QED) is 0.903. The zero-order valence-electron chi connectivity index (χ0n) is 10.5. The van der Waals surface area contributed by atoms with Crippen molar-refractivity contribution in [2.24, 2.45) is 0 Å². The Morgan fingerprint density at radius 1 is 1.33 bits per heavy atom. The van der Waals surface area contributed by atoms with E-state index in [2.05, 4.69) is 29.3 Å². The molecule has 2 rings (SSSR count). The summed E-state index contributed by atoms with van der Waals surface area (Å²) in [6.45, 7) is 5.89. The summed E-state index contributed by atoms with van der Waals surface area (Å²) in [5.41, 5.74) is 0.907. The van der Waals surface area contributed by atoms with Crippen LogP contribution < -0.4 is 5.32 Å². The standard InChI is InChI=1S/C13H16ClN3O/c1-3-15-8-9(2)13-16-12(17-18-13)10-4-6-11(14)7-5-10/h4-7,9,15H,3,8H2,1-2H3. The molecule has 96 valence electrons. The molecule has 1 N–H and O–H groups in total. The van der Waals surface area contributed by atoms with Crippen molar-refractivity contribution in [3.05, 3.63) is 35.2 Å². The van der Waals surface area contributed by atoms with Crippen LogP contribution in [0.4, 0.5) is 0 Å². The summed E-state index contributed by atoms with van der Waals surface area (Å²) < 4.78 is 5.27. The number of hydrogen-bond donors (Lipinski definition) is 1. The highest BCUT2D eigenvalue weighted by molar-refractivity contribution is 6.30. The number of benzene rings is 1. The van der Waals surface area contributed by atoms with Crippen LogP contribution in [0.2, 0.25) is 5.02 Å². The van der Waals surface area contributed by atoms with Crippen molar-refractivity contribution < 1.29 is 4.52 Å². The second-order valence-electron chi connectivity index (χ2n) is 4.17. The molecule has 0 saturated carbocycles. The van der Waals surface area contributed by atoms with E-state index >= 15 is 0 Å².